The molecule has 1 rings (SSSR count). The van der Waals surface area contributed by atoms with Crippen LogP contribution in [0.25, 0.3) is 0 Å². The maximum atomic E-state index is 5.50. The third-order valence-corrected chi connectivity index (χ3v) is 4.77. The molecule has 9 heteroatoms. The van der Waals surface area contributed by atoms with Crippen molar-refractivity contribution in [1.82, 2.24) is 0 Å². The van der Waals surface area contributed by atoms with Crippen molar-refractivity contribution in [3.8, 4) is 12.3 Å². The van der Waals surface area contributed by atoms with Crippen molar-refractivity contribution >= 4 is 18.5 Å². The van der Waals surface area contributed by atoms with Gasteiger partial charge < -0.3 is 28.0 Å². The Morgan fingerprint density at radius 1 is 0.773 bits per heavy atom. The minimum atomic E-state index is -2.87. The molecule has 0 aromatic heterocycles. The molecule has 0 unspecified atom stereocenters. The zero-order valence-corrected chi connectivity index (χ0v) is 14.3. The summed E-state index contributed by atoms with van der Waals surface area (Å²) in [7, 11) is 0. The lowest BCUT2D eigenvalue weighted by molar-refractivity contribution is -0.00426. The van der Waals surface area contributed by atoms with Crippen LogP contribution in [0.1, 0.15) is 0 Å². The Labute approximate surface area is 136 Å². The Kier molecular flexibility index (Phi) is 12.1. The number of hydrogen-bond acceptors (Lipinski definition) is 8. The average Bonchev–Trinajstić information content (AvgIpc) is 2.52. The molecule has 0 spiro atoms. The van der Waals surface area contributed by atoms with Gasteiger partial charge in [0.1, 0.15) is 6.61 Å². The fourth-order valence-electron chi connectivity index (χ4n) is 1.41. The predicted molar refractivity (Wildman–Crippen MR) is 84.3 cm³/mol. The molecule has 1 saturated heterocycles. The molecule has 7 nitrogen and oxygen atoms in total. The van der Waals surface area contributed by atoms with Crippen molar-refractivity contribution in [2.24, 2.45) is 0 Å². The van der Waals surface area contributed by atoms with Crippen LogP contribution in [0.2, 0.25) is 0 Å². The van der Waals surface area contributed by atoms with Gasteiger partial charge in [0.2, 0.25) is 0 Å². The van der Waals surface area contributed by atoms with Gasteiger partial charge in [0.15, 0.2) is 0 Å². The largest absolute Gasteiger partial charge is 0.377 e. The Bertz CT molecular complexity index is 339. The van der Waals surface area contributed by atoms with E-state index in [0.717, 1.165) is 0 Å². The van der Waals surface area contributed by atoms with Crippen LogP contribution in [0.15, 0.2) is 0 Å². The van der Waals surface area contributed by atoms with E-state index in [9.17, 15) is 0 Å². The highest BCUT2D eigenvalue weighted by atomic mass is 32.5. The quantitative estimate of drug-likeness (QED) is 0.537. The van der Waals surface area contributed by atoms with Crippen molar-refractivity contribution in [2.45, 2.75) is 0 Å². The molecule has 0 N–H and O–H groups in total. The molecule has 0 aliphatic carbocycles. The first-order chi connectivity index (χ1) is 10.8. The molecule has 0 radical (unpaired) electrons. The smallest absolute Gasteiger partial charge is 0.328 e. The van der Waals surface area contributed by atoms with Gasteiger partial charge in [0.05, 0.1) is 66.1 Å². The standard InChI is InChI=1S/C13H23O7PS/c1-2-3-18-21(22)19-12-10-16-8-6-14-4-5-15-7-9-17-11-13-20-21/h1H,3-13H2. The molecule has 1 fully saturated rings. The van der Waals surface area contributed by atoms with Crippen LogP contribution in [0, 0.1) is 12.3 Å². The molecule has 0 aromatic carbocycles. The van der Waals surface area contributed by atoms with Crippen LogP contribution in [-0.4, -0.2) is 72.7 Å². The minimum absolute atomic E-state index is 0.0423. The summed E-state index contributed by atoms with van der Waals surface area (Å²) in [5.74, 6) is 2.35. The fourth-order valence-corrected chi connectivity index (χ4v) is 3.06. The lowest BCUT2D eigenvalue weighted by atomic mass is 10.7. The molecular weight excluding hydrogens is 331 g/mol. The van der Waals surface area contributed by atoms with Gasteiger partial charge in [-0.15, -0.1) is 6.42 Å². The summed E-state index contributed by atoms with van der Waals surface area (Å²) < 4.78 is 37.7. The number of hydrogen-bond donors (Lipinski definition) is 0. The van der Waals surface area contributed by atoms with Gasteiger partial charge in [-0.1, -0.05) is 5.92 Å². The normalized spacial score (nSPS) is 23.2. The van der Waals surface area contributed by atoms with E-state index < -0.39 is 6.72 Å². The number of rotatable bonds is 2. The monoisotopic (exact) mass is 354 g/mol. The van der Waals surface area contributed by atoms with Crippen molar-refractivity contribution in [1.29, 1.82) is 0 Å². The molecule has 1 heterocycles. The second kappa shape index (κ2) is 13.4. The number of terminal acetylenes is 1. The highest BCUT2D eigenvalue weighted by molar-refractivity contribution is 8.07. The van der Waals surface area contributed by atoms with Gasteiger partial charge in [-0.25, -0.2) is 0 Å². The summed E-state index contributed by atoms with van der Waals surface area (Å²) in [4.78, 5) is 0. The Morgan fingerprint density at radius 2 is 1.14 bits per heavy atom. The van der Waals surface area contributed by atoms with E-state index in [4.69, 9.17) is 50.7 Å². The molecule has 22 heavy (non-hydrogen) atoms. The molecule has 1 aliphatic heterocycles. The van der Waals surface area contributed by atoms with Gasteiger partial charge in [0, 0.05) is 0 Å². The Balaban J connectivity index is 2.37. The van der Waals surface area contributed by atoms with Crippen molar-refractivity contribution in [2.75, 3.05) is 72.7 Å². The van der Waals surface area contributed by atoms with E-state index in [-0.39, 0.29) is 19.8 Å². The molecule has 0 aromatic rings. The average molecular weight is 354 g/mol. The van der Waals surface area contributed by atoms with E-state index in [1.54, 1.807) is 0 Å². The Morgan fingerprint density at radius 3 is 1.50 bits per heavy atom. The van der Waals surface area contributed by atoms with Crippen molar-refractivity contribution < 1.29 is 32.5 Å². The van der Waals surface area contributed by atoms with Crippen LogP contribution in [0.4, 0.5) is 0 Å². The molecule has 0 atom stereocenters. The summed E-state index contributed by atoms with van der Waals surface area (Å²) in [5.41, 5.74) is 0. The van der Waals surface area contributed by atoms with Gasteiger partial charge in [-0.05, 0) is 11.8 Å². The first kappa shape index (κ1) is 20.0. The van der Waals surface area contributed by atoms with Gasteiger partial charge in [-0.2, -0.15) is 0 Å². The first-order valence-corrected chi connectivity index (χ1v) is 9.60. The van der Waals surface area contributed by atoms with Crippen molar-refractivity contribution in [3.63, 3.8) is 0 Å². The van der Waals surface area contributed by atoms with E-state index in [0.29, 0.717) is 52.9 Å². The summed E-state index contributed by atoms with van der Waals surface area (Å²) in [5, 5.41) is 0. The zero-order chi connectivity index (χ0) is 15.9. The van der Waals surface area contributed by atoms with Crippen LogP contribution in [-0.2, 0) is 44.3 Å². The zero-order valence-electron chi connectivity index (χ0n) is 12.6. The third kappa shape index (κ3) is 10.6. The lowest BCUT2D eigenvalue weighted by Gasteiger charge is -2.20. The molecule has 0 bridgehead atoms. The topological polar surface area (TPSA) is 64.6 Å². The maximum Gasteiger partial charge on any atom is 0.328 e. The fraction of sp³-hybridized carbons (Fsp3) is 0.846. The highest BCUT2D eigenvalue weighted by Gasteiger charge is 2.20. The highest BCUT2D eigenvalue weighted by Crippen LogP contribution is 2.49. The lowest BCUT2D eigenvalue weighted by Crippen LogP contribution is -2.12. The molecule has 128 valence electrons. The molecule has 0 amide bonds. The summed E-state index contributed by atoms with van der Waals surface area (Å²) in [6.07, 6.45) is 5.17. The van der Waals surface area contributed by atoms with Crippen LogP contribution in [0.3, 0.4) is 0 Å². The third-order valence-electron chi connectivity index (χ3n) is 2.38. The predicted octanol–water partition coefficient (Wildman–Crippen LogP) is 0.974. The number of ether oxygens (including phenoxy) is 4. The van der Waals surface area contributed by atoms with Gasteiger partial charge in [0.25, 0.3) is 0 Å². The first-order valence-electron chi connectivity index (χ1n) is 7.05. The summed E-state index contributed by atoms with van der Waals surface area (Å²) in [6, 6.07) is 0. The van der Waals surface area contributed by atoms with Crippen molar-refractivity contribution in [3.05, 3.63) is 0 Å². The van der Waals surface area contributed by atoms with Gasteiger partial charge in [-0.3, -0.25) is 4.52 Å². The molecule has 0 saturated carbocycles. The van der Waals surface area contributed by atoms with Crippen LogP contribution in [0.5, 0.6) is 0 Å². The van der Waals surface area contributed by atoms with Crippen LogP contribution < -0.4 is 0 Å². The molecule has 1 aliphatic rings. The van der Waals surface area contributed by atoms with E-state index >= 15 is 0 Å². The Hall–Kier alpha value is -0.0700. The summed E-state index contributed by atoms with van der Waals surface area (Å²) in [6.45, 7) is 1.47. The van der Waals surface area contributed by atoms with E-state index in [2.05, 4.69) is 5.92 Å². The van der Waals surface area contributed by atoms with Crippen LogP contribution >= 0.6 is 6.72 Å². The van der Waals surface area contributed by atoms with E-state index in [1.807, 2.05) is 0 Å². The SMILES string of the molecule is C#CCOP1(=S)OCCOCCOCCOCCOCCO1. The van der Waals surface area contributed by atoms with Gasteiger partial charge >= 0.3 is 6.72 Å². The minimum Gasteiger partial charge on any atom is -0.377 e. The summed E-state index contributed by atoms with van der Waals surface area (Å²) >= 11 is 5.27. The second-order valence-electron chi connectivity index (χ2n) is 4.04. The maximum absolute atomic E-state index is 5.50. The van der Waals surface area contributed by atoms with E-state index in [1.165, 1.54) is 0 Å². The second-order valence-corrected chi connectivity index (χ2v) is 7.05. The molecular formula is C13H23O7PS.